The van der Waals surface area contributed by atoms with Crippen molar-refractivity contribution in [1.29, 1.82) is 0 Å². The van der Waals surface area contributed by atoms with E-state index in [0.717, 1.165) is 35.8 Å². The largest absolute Gasteiger partial charge is 0.508 e. The maximum absolute atomic E-state index is 12.6. The average Bonchev–Trinajstić information content (AvgIpc) is 3.18. The zero-order valence-electron chi connectivity index (χ0n) is 31.3. The first-order valence-electron chi connectivity index (χ1n) is 18.6. The van der Waals surface area contributed by atoms with Crippen LogP contribution in [-0.4, -0.2) is 57.5 Å². The number of ether oxygens (including phenoxy) is 2. The predicted molar refractivity (Wildman–Crippen MR) is 217 cm³/mol. The summed E-state index contributed by atoms with van der Waals surface area (Å²) in [6.45, 7) is 4.42. The van der Waals surface area contributed by atoms with Crippen molar-refractivity contribution in [2.45, 2.75) is 51.0 Å². The molecule has 0 heterocycles. The van der Waals surface area contributed by atoms with Crippen LogP contribution in [-0.2, 0) is 22.4 Å². The van der Waals surface area contributed by atoms with Gasteiger partial charge in [0.1, 0.15) is 23.0 Å². The van der Waals surface area contributed by atoms with Gasteiger partial charge < -0.3 is 40.5 Å². The van der Waals surface area contributed by atoms with Crippen molar-refractivity contribution in [1.82, 2.24) is 10.6 Å². The topological polar surface area (TPSA) is 158 Å². The van der Waals surface area contributed by atoms with Crippen LogP contribution in [0.4, 0.5) is 0 Å². The number of phenols is 2. The average molecular weight is 755 g/mol. The summed E-state index contributed by atoms with van der Waals surface area (Å²) in [5.74, 6) is -2.34. The summed E-state index contributed by atoms with van der Waals surface area (Å²) in [7, 11) is 0. The van der Waals surface area contributed by atoms with Gasteiger partial charge >= 0.3 is 11.9 Å². The van der Waals surface area contributed by atoms with Gasteiger partial charge in [0.2, 0.25) is 0 Å². The molecule has 0 amide bonds. The van der Waals surface area contributed by atoms with E-state index < -0.39 is 24.1 Å². The van der Waals surface area contributed by atoms with Crippen molar-refractivity contribution in [2.24, 2.45) is 0 Å². The number of benzene rings is 6. The number of phenolic OH excluding ortho intramolecular Hbond substituents is 2. The van der Waals surface area contributed by atoms with Gasteiger partial charge in [-0.25, -0.2) is 9.59 Å². The summed E-state index contributed by atoms with van der Waals surface area (Å²) in [5.41, 5.74) is 3.04. The lowest BCUT2D eigenvalue weighted by molar-refractivity contribution is -0.131. The van der Waals surface area contributed by atoms with Crippen LogP contribution in [0.2, 0.25) is 0 Å². The van der Waals surface area contributed by atoms with Gasteiger partial charge in [0.25, 0.3) is 0 Å². The third kappa shape index (κ3) is 10.8. The molecule has 0 aromatic heterocycles. The molecule has 0 aliphatic heterocycles. The lowest BCUT2D eigenvalue weighted by atomic mass is 9.99. The number of hydrogen-bond acceptors (Lipinski definition) is 10. The van der Waals surface area contributed by atoms with E-state index in [2.05, 4.69) is 59.2 Å². The molecule has 0 radical (unpaired) electrons. The van der Waals surface area contributed by atoms with Crippen LogP contribution in [0.1, 0.15) is 48.3 Å². The molecule has 6 aromatic carbocycles. The molecule has 0 aliphatic rings. The van der Waals surface area contributed by atoms with Crippen molar-refractivity contribution in [2.75, 3.05) is 13.1 Å². The molecule has 6 rings (SSSR count). The van der Waals surface area contributed by atoms with Gasteiger partial charge in [-0.3, -0.25) is 0 Å². The minimum atomic E-state index is -1.01. The Labute approximate surface area is 325 Å². The Bertz CT molecular complexity index is 2170. The third-order valence-corrected chi connectivity index (χ3v) is 9.52. The second-order valence-corrected chi connectivity index (χ2v) is 14.0. The van der Waals surface area contributed by atoms with Gasteiger partial charge in [-0.1, -0.05) is 84.9 Å². The molecule has 0 unspecified atom stereocenters. The van der Waals surface area contributed by atoms with E-state index in [4.69, 9.17) is 9.47 Å². The Morgan fingerprint density at radius 1 is 0.571 bits per heavy atom. The maximum Gasteiger partial charge on any atom is 0.336 e. The number of aliphatic hydroxyl groups excluding tert-OH is 2. The number of aromatic hydroxyl groups is 2. The van der Waals surface area contributed by atoms with Crippen molar-refractivity contribution >= 4 is 33.5 Å². The van der Waals surface area contributed by atoms with E-state index in [1.165, 1.54) is 58.3 Å². The number of hydrogen-bond donors (Lipinski definition) is 6. The first kappa shape index (κ1) is 39.6. The molecular formula is C46H46N2O8. The van der Waals surface area contributed by atoms with Gasteiger partial charge in [-0.15, -0.1) is 0 Å². The van der Waals surface area contributed by atoms with E-state index >= 15 is 0 Å². The first-order chi connectivity index (χ1) is 27.0. The Kier molecular flexibility index (Phi) is 13.1. The van der Waals surface area contributed by atoms with Gasteiger partial charge in [-0.05, 0) is 94.8 Å². The fourth-order valence-corrected chi connectivity index (χ4v) is 6.76. The van der Waals surface area contributed by atoms with Crippen LogP contribution >= 0.6 is 0 Å². The molecular weight excluding hydrogens is 709 g/mol. The van der Waals surface area contributed by atoms with Gasteiger partial charge in [-0.2, -0.15) is 0 Å². The highest BCUT2D eigenvalue weighted by atomic mass is 16.5. The van der Waals surface area contributed by atoms with E-state index in [0.29, 0.717) is 11.1 Å². The van der Waals surface area contributed by atoms with Gasteiger partial charge in [0, 0.05) is 49.5 Å². The van der Waals surface area contributed by atoms with Crippen LogP contribution in [0.15, 0.2) is 133 Å². The highest BCUT2D eigenvalue weighted by molar-refractivity contribution is 5.93. The molecule has 0 aliphatic carbocycles. The summed E-state index contributed by atoms with van der Waals surface area (Å²) >= 11 is 0. The lowest BCUT2D eigenvalue weighted by Crippen LogP contribution is -2.32. The van der Waals surface area contributed by atoms with E-state index in [1.54, 1.807) is 0 Å². The van der Waals surface area contributed by atoms with Crippen LogP contribution in [0.25, 0.3) is 21.5 Å². The Balaban J connectivity index is 0.980. The molecule has 0 bridgehead atoms. The summed E-state index contributed by atoms with van der Waals surface area (Å²) in [4.78, 5) is 25.2. The number of fused-ring (bicyclic) bond motifs is 2. The summed E-state index contributed by atoms with van der Waals surface area (Å²) in [6, 6.07) is 36.9. The van der Waals surface area contributed by atoms with Crippen molar-refractivity contribution in [3.05, 3.63) is 156 Å². The molecule has 288 valence electrons. The number of aliphatic hydroxyl groups is 2. The molecule has 4 atom stereocenters. The minimum absolute atomic E-state index is 0.0301. The van der Waals surface area contributed by atoms with E-state index in [-0.39, 0.29) is 48.2 Å². The van der Waals surface area contributed by atoms with Crippen LogP contribution in [0.3, 0.4) is 0 Å². The molecule has 6 N–H and O–H groups in total. The number of esters is 2. The fraction of sp³-hybridized carbons (Fsp3) is 0.217. The fourth-order valence-electron chi connectivity index (χ4n) is 6.76. The minimum Gasteiger partial charge on any atom is -0.508 e. The van der Waals surface area contributed by atoms with Crippen LogP contribution in [0.5, 0.6) is 23.0 Å². The molecule has 6 aromatic rings. The Hall–Kier alpha value is -6.04. The molecule has 56 heavy (non-hydrogen) atoms. The summed E-state index contributed by atoms with van der Waals surface area (Å²) in [5, 5.41) is 53.7. The standard InChI is InChI=1S/C46H46N2O8/c1-29(19-33-13-7-11-31-9-3-5-15-41(31)33)47-27-43(51)35-21-37(49)25-39(23-35)55-45(53)17-18-46(54)56-40-24-36(22-38(50)26-40)44(52)28-48-30(2)20-34-14-8-12-32-10-4-6-16-42(32)34/h3-18,21-26,29-30,43-44,47-52H,19-20,27-28H2,1-2H3/b18-17+/t29-,30-,43+,44+/m0/s1. The van der Waals surface area contributed by atoms with E-state index in [1.807, 2.05) is 50.2 Å². The maximum atomic E-state index is 12.6. The molecule has 10 nitrogen and oxygen atoms in total. The first-order valence-corrected chi connectivity index (χ1v) is 18.6. The molecule has 10 heteroatoms. The third-order valence-electron chi connectivity index (χ3n) is 9.52. The lowest BCUT2D eigenvalue weighted by Gasteiger charge is -2.19. The Morgan fingerprint density at radius 3 is 1.39 bits per heavy atom. The van der Waals surface area contributed by atoms with Crippen LogP contribution < -0.4 is 20.1 Å². The zero-order chi connectivity index (χ0) is 39.6. The second-order valence-electron chi connectivity index (χ2n) is 14.0. The van der Waals surface area contributed by atoms with Gasteiger partial charge in [0.15, 0.2) is 0 Å². The quantitative estimate of drug-likeness (QED) is 0.0346. The molecule has 0 saturated heterocycles. The molecule has 0 fully saturated rings. The highest BCUT2D eigenvalue weighted by Crippen LogP contribution is 2.28. The van der Waals surface area contributed by atoms with Gasteiger partial charge in [0.05, 0.1) is 12.2 Å². The van der Waals surface area contributed by atoms with Crippen molar-refractivity contribution in [3.8, 4) is 23.0 Å². The predicted octanol–water partition coefficient (Wildman–Crippen LogP) is 6.98. The number of rotatable bonds is 16. The highest BCUT2D eigenvalue weighted by Gasteiger charge is 2.17. The molecule has 0 saturated carbocycles. The Morgan fingerprint density at radius 2 is 0.964 bits per heavy atom. The number of carbonyl (C=O) groups excluding carboxylic acids is 2. The monoisotopic (exact) mass is 754 g/mol. The normalized spacial score (nSPS) is 13.7. The summed E-state index contributed by atoms with van der Waals surface area (Å²) in [6.07, 6.45) is 1.17. The summed E-state index contributed by atoms with van der Waals surface area (Å²) < 4.78 is 10.6. The van der Waals surface area contributed by atoms with Crippen molar-refractivity contribution in [3.63, 3.8) is 0 Å². The van der Waals surface area contributed by atoms with E-state index in [9.17, 15) is 30.0 Å². The molecule has 0 spiro atoms. The smallest absolute Gasteiger partial charge is 0.336 e. The van der Waals surface area contributed by atoms with Crippen molar-refractivity contribution < 1.29 is 39.5 Å². The van der Waals surface area contributed by atoms with Crippen LogP contribution in [0, 0.1) is 0 Å². The number of nitrogens with one attached hydrogen (secondary N) is 2. The zero-order valence-corrected chi connectivity index (χ0v) is 31.3. The number of carbonyl (C=O) groups is 2. The SMILES string of the molecule is C[C@@H](Cc1cccc2ccccc12)NC[C@@H](O)c1cc(O)cc(OC(=O)/C=C/C(=O)Oc2cc(O)cc([C@H](O)CN[C@@H](C)Cc3cccc4ccccc34)c2)c1. The second kappa shape index (κ2) is 18.5.